The van der Waals surface area contributed by atoms with E-state index in [1.807, 2.05) is 0 Å². The zero-order valence-corrected chi connectivity index (χ0v) is 9.42. The van der Waals surface area contributed by atoms with Crippen molar-refractivity contribution in [2.24, 2.45) is 0 Å². The Bertz CT molecular complexity index is 490. The van der Waals surface area contributed by atoms with Crippen LogP contribution in [0.25, 0.3) is 0 Å². The number of hydrogen-bond acceptors (Lipinski definition) is 3. The first-order valence-corrected chi connectivity index (χ1v) is 4.83. The van der Waals surface area contributed by atoms with Crippen molar-refractivity contribution >= 4 is 11.8 Å². The van der Waals surface area contributed by atoms with Gasteiger partial charge in [0.2, 0.25) is 5.78 Å². The quantitative estimate of drug-likeness (QED) is 0.370. The van der Waals surface area contributed by atoms with Crippen LogP contribution in [0.5, 0.6) is 5.75 Å². The second kappa shape index (κ2) is 4.94. The highest BCUT2D eigenvalue weighted by molar-refractivity contribution is 6.02. The molecule has 0 aliphatic rings. The van der Waals surface area contributed by atoms with Gasteiger partial charge in [-0.25, -0.2) is 0 Å². The van der Waals surface area contributed by atoms with E-state index in [1.165, 1.54) is 0 Å². The minimum atomic E-state index is -5.96. The summed E-state index contributed by atoms with van der Waals surface area (Å²) < 4.78 is 66.0. The maximum atomic E-state index is 12.8. The van der Waals surface area contributed by atoms with Gasteiger partial charge in [-0.2, -0.15) is 22.0 Å². The summed E-state index contributed by atoms with van der Waals surface area (Å²) in [6.07, 6.45) is -5.96. The molecule has 3 nitrogen and oxygen atoms in total. The Hall–Kier alpha value is -1.99. The Morgan fingerprint density at radius 2 is 1.47 bits per heavy atom. The number of alkyl halides is 5. The fraction of sp³-hybridized carbons (Fsp3) is 0.273. The zero-order chi connectivity index (χ0) is 14.8. The average molecular weight is 282 g/mol. The molecule has 0 radical (unpaired) electrons. The molecule has 1 aromatic rings. The molecule has 8 heteroatoms. The fourth-order valence-corrected chi connectivity index (χ4v) is 1.15. The number of Topliss-reactive ketones (excluding diaryl/α,β-unsaturated/α-hetero) is 1. The van der Waals surface area contributed by atoms with E-state index in [4.69, 9.17) is 0 Å². The zero-order valence-electron chi connectivity index (χ0n) is 9.42. The van der Waals surface area contributed by atoms with Crippen LogP contribution in [0.15, 0.2) is 24.3 Å². The lowest BCUT2D eigenvalue weighted by molar-refractivity contribution is -0.255. The number of benzene rings is 1. The average Bonchev–Trinajstić information content (AvgIpc) is 2.26. The summed E-state index contributed by atoms with van der Waals surface area (Å²) in [6.45, 7) is 1.08. The van der Waals surface area contributed by atoms with Crippen LogP contribution in [-0.2, 0) is 4.79 Å². The summed E-state index contributed by atoms with van der Waals surface area (Å²) in [7, 11) is 0. The van der Waals surface area contributed by atoms with E-state index < -0.39 is 29.4 Å². The summed E-state index contributed by atoms with van der Waals surface area (Å²) >= 11 is 0. The van der Waals surface area contributed by atoms with Gasteiger partial charge in [-0.1, -0.05) is 0 Å². The molecule has 0 amide bonds. The Balaban J connectivity index is 2.99. The predicted molar refractivity (Wildman–Crippen MR) is 53.1 cm³/mol. The molecule has 104 valence electrons. The first-order valence-electron chi connectivity index (χ1n) is 4.83. The third kappa shape index (κ3) is 3.27. The molecule has 0 saturated heterocycles. The number of rotatable bonds is 3. The summed E-state index contributed by atoms with van der Waals surface area (Å²) in [5, 5.41) is 0. The van der Waals surface area contributed by atoms with Gasteiger partial charge in [0.25, 0.3) is 0 Å². The van der Waals surface area contributed by atoms with Crippen molar-refractivity contribution in [2.75, 3.05) is 0 Å². The van der Waals surface area contributed by atoms with Gasteiger partial charge in [0.1, 0.15) is 5.75 Å². The molecule has 0 unspecified atom stereocenters. The smallest absolute Gasteiger partial charge is 0.427 e. The Labute approximate surface area is 104 Å². The normalized spacial score (nSPS) is 12.1. The summed E-state index contributed by atoms with van der Waals surface area (Å²) in [6, 6.07) is 3.34. The van der Waals surface area contributed by atoms with E-state index in [1.54, 1.807) is 0 Å². The largest absolute Gasteiger partial charge is 0.461 e. The minimum absolute atomic E-state index is 0.0700. The van der Waals surface area contributed by atoms with E-state index in [9.17, 15) is 31.5 Å². The van der Waals surface area contributed by atoms with Crippen LogP contribution >= 0.6 is 0 Å². The monoisotopic (exact) mass is 282 g/mol. The molecular weight excluding hydrogens is 275 g/mol. The van der Waals surface area contributed by atoms with Crippen LogP contribution in [-0.4, -0.2) is 23.9 Å². The molecule has 0 aliphatic heterocycles. The molecule has 0 saturated carbocycles. The van der Waals surface area contributed by atoms with E-state index >= 15 is 0 Å². The first kappa shape index (κ1) is 15.1. The molecule has 0 heterocycles. The van der Waals surface area contributed by atoms with E-state index in [0.29, 0.717) is 0 Å². The van der Waals surface area contributed by atoms with Crippen LogP contribution in [0, 0.1) is 0 Å². The summed E-state index contributed by atoms with van der Waals surface area (Å²) in [5.74, 6) is -8.59. The van der Waals surface area contributed by atoms with Crippen molar-refractivity contribution in [3.63, 3.8) is 0 Å². The van der Waals surface area contributed by atoms with Crippen LogP contribution < -0.4 is 4.74 Å². The molecule has 0 bridgehead atoms. The van der Waals surface area contributed by atoms with Crippen LogP contribution in [0.3, 0.4) is 0 Å². The first-order chi connectivity index (χ1) is 8.55. The number of ketones is 1. The van der Waals surface area contributed by atoms with Crippen molar-refractivity contribution in [3.05, 3.63) is 29.8 Å². The highest BCUT2D eigenvalue weighted by Crippen LogP contribution is 2.38. The van der Waals surface area contributed by atoms with Gasteiger partial charge in [-0.3, -0.25) is 9.59 Å². The van der Waals surface area contributed by atoms with Crippen molar-refractivity contribution in [2.45, 2.75) is 19.0 Å². The number of carbonyl (C=O) groups is 2. The molecule has 0 N–H and O–H groups in total. The van der Waals surface area contributed by atoms with Crippen LogP contribution in [0.1, 0.15) is 17.3 Å². The minimum Gasteiger partial charge on any atom is -0.427 e. The van der Waals surface area contributed by atoms with Crippen molar-refractivity contribution in [1.82, 2.24) is 0 Å². The van der Waals surface area contributed by atoms with Gasteiger partial charge in [0.05, 0.1) is 0 Å². The van der Waals surface area contributed by atoms with Crippen molar-refractivity contribution in [1.29, 1.82) is 0 Å². The lowest BCUT2D eigenvalue weighted by Gasteiger charge is -2.18. The highest BCUT2D eigenvalue weighted by atomic mass is 19.4. The number of ether oxygens (including phenoxy) is 1. The molecule has 19 heavy (non-hydrogen) atoms. The second-order valence-electron chi connectivity index (χ2n) is 3.52. The molecule has 0 aromatic heterocycles. The highest BCUT2D eigenvalue weighted by Gasteiger charge is 2.63. The molecule has 1 rings (SSSR count). The third-order valence-electron chi connectivity index (χ3n) is 2.02. The third-order valence-corrected chi connectivity index (χ3v) is 2.02. The number of halogens is 5. The van der Waals surface area contributed by atoms with E-state index in [0.717, 1.165) is 31.2 Å². The topological polar surface area (TPSA) is 43.4 Å². The number of esters is 1. The molecule has 0 spiro atoms. The standard InChI is InChI=1S/C11H7F5O3/c1-6(17)19-8-4-2-7(3-5-8)9(18)10(12,13)11(14,15)16/h2-5H,1H3. The predicted octanol–water partition coefficient (Wildman–Crippen LogP) is 2.99. The van der Waals surface area contributed by atoms with E-state index in [-0.39, 0.29) is 5.75 Å². The van der Waals surface area contributed by atoms with Gasteiger partial charge < -0.3 is 4.74 Å². The molecule has 0 atom stereocenters. The molecule has 0 aliphatic carbocycles. The summed E-state index contributed by atoms with van der Waals surface area (Å²) in [5.41, 5.74) is -0.835. The molecular formula is C11H7F5O3. The maximum absolute atomic E-state index is 12.8. The van der Waals surface area contributed by atoms with Gasteiger partial charge >= 0.3 is 18.1 Å². The van der Waals surface area contributed by atoms with E-state index in [2.05, 4.69) is 4.74 Å². The summed E-state index contributed by atoms with van der Waals surface area (Å²) in [4.78, 5) is 21.6. The number of hydrogen-bond donors (Lipinski definition) is 0. The SMILES string of the molecule is CC(=O)Oc1ccc(C(=O)C(F)(F)C(F)(F)F)cc1. The Morgan fingerprint density at radius 1 is 1.00 bits per heavy atom. The van der Waals surface area contributed by atoms with Crippen molar-refractivity contribution < 1.29 is 36.3 Å². The van der Waals surface area contributed by atoms with Gasteiger partial charge in [0.15, 0.2) is 0 Å². The molecule has 0 fully saturated rings. The maximum Gasteiger partial charge on any atom is 0.461 e. The van der Waals surface area contributed by atoms with Crippen molar-refractivity contribution in [3.8, 4) is 5.75 Å². The number of carbonyl (C=O) groups excluding carboxylic acids is 2. The van der Waals surface area contributed by atoms with Crippen LogP contribution in [0.2, 0.25) is 0 Å². The van der Waals surface area contributed by atoms with Gasteiger partial charge in [0, 0.05) is 12.5 Å². The van der Waals surface area contributed by atoms with Gasteiger partial charge in [-0.15, -0.1) is 0 Å². The lowest BCUT2D eigenvalue weighted by atomic mass is 10.1. The van der Waals surface area contributed by atoms with Gasteiger partial charge in [-0.05, 0) is 24.3 Å². The van der Waals surface area contributed by atoms with Crippen LogP contribution in [0.4, 0.5) is 22.0 Å². The Kier molecular flexibility index (Phi) is 3.92. The second-order valence-corrected chi connectivity index (χ2v) is 3.52. The molecule has 1 aromatic carbocycles. The fourth-order valence-electron chi connectivity index (χ4n) is 1.15. The Morgan fingerprint density at radius 3 is 1.84 bits per heavy atom. The lowest BCUT2D eigenvalue weighted by Crippen LogP contribution is -2.44.